The minimum absolute atomic E-state index is 0.0306. The second-order valence-electron chi connectivity index (χ2n) is 6.53. The van der Waals surface area contributed by atoms with Crippen molar-refractivity contribution in [1.82, 2.24) is 16.0 Å². The van der Waals surface area contributed by atoms with E-state index in [1.165, 1.54) is 19.1 Å². The maximum absolute atomic E-state index is 12.7. The average Bonchev–Trinajstić information content (AvgIpc) is 2.71. The van der Waals surface area contributed by atoms with Gasteiger partial charge in [0, 0.05) is 12.2 Å². The van der Waals surface area contributed by atoms with Crippen molar-refractivity contribution < 1.29 is 34.5 Å². The van der Waals surface area contributed by atoms with Crippen molar-refractivity contribution in [2.24, 2.45) is 5.73 Å². The van der Waals surface area contributed by atoms with Crippen molar-refractivity contribution >= 4 is 36.3 Å². The predicted octanol–water partition coefficient (Wildman–Crippen LogP) is -2.26. The van der Waals surface area contributed by atoms with E-state index in [4.69, 9.17) is 15.9 Å². The normalized spacial score (nSPS) is 14.7. The maximum Gasteiger partial charge on any atom is 0.328 e. The minimum atomic E-state index is -1.52. The standard InChI is InChI=1S/C18H26N4O7S/c1-9(15(25)22-14(7-23)18(28)29)20-17(27)13(21-16(26)12(19)8-30)6-10-2-4-11(24)5-3-10/h2-5,9,12-14,23-24,30H,6-8,19H2,1H3,(H,20,27)(H,21,26)(H,22,25)(H,28,29). The Morgan fingerprint density at radius 3 is 2.07 bits per heavy atom. The summed E-state index contributed by atoms with van der Waals surface area (Å²) in [5.41, 5.74) is 6.25. The van der Waals surface area contributed by atoms with Gasteiger partial charge in [0.05, 0.1) is 12.6 Å². The molecule has 0 aliphatic rings. The molecule has 0 heterocycles. The lowest BCUT2D eigenvalue weighted by Gasteiger charge is -2.23. The molecule has 0 spiro atoms. The first-order chi connectivity index (χ1) is 14.1. The molecular formula is C18H26N4O7S. The number of carboxylic acid groups (broad SMARTS) is 1. The minimum Gasteiger partial charge on any atom is -0.508 e. The first kappa shape index (κ1) is 25.2. The Morgan fingerprint density at radius 1 is 1.00 bits per heavy atom. The van der Waals surface area contributed by atoms with E-state index in [0.29, 0.717) is 5.56 Å². The number of rotatable bonds is 11. The van der Waals surface area contributed by atoms with E-state index in [0.717, 1.165) is 0 Å². The number of aliphatic hydroxyl groups is 1. The number of amides is 3. The number of phenolic OH excluding ortho intramolecular Hbond substituents is 1. The van der Waals surface area contributed by atoms with Gasteiger partial charge in [-0.1, -0.05) is 12.1 Å². The zero-order chi connectivity index (χ0) is 22.8. The number of nitrogens with two attached hydrogens (primary N) is 1. The summed E-state index contributed by atoms with van der Waals surface area (Å²) < 4.78 is 0. The molecule has 4 unspecified atom stereocenters. The monoisotopic (exact) mass is 442 g/mol. The van der Waals surface area contributed by atoms with Gasteiger partial charge in [0.15, 0.2) is 0 Å². The first-order valence-electron chi connectivity index (χ1n) is 8.98. The van der Waals surface area contributed by atoms with Gasteiger partial charge in [0.1, 0.15) is 23.9 Å². The molecule has 0 radical (unpaired) electrons. The molecule has 0 aliphatic carbocycles. The number of benzene rings is 1. The Balaban J connectivity index is 2.89. The van der Waals surface area contributed by atoms with Crippen molar-refractivity contribution in [3.63, 3.8) is 0 Å². The van der Waals surface area contributed by atoms with Crippen LogP contribution < -0.4 is 21.7 Å². The molecule has 1 rings (SSSR count). The number of carbonyl (C=O) groups is 4. The van der Waals surface area contributed by atoms with Crippen LogP contribution in [0.3, 0.4) is 0 Å². The third-order valence-corrected chi connectivity index (χ3v) is 4.49. The third kappa shape index (κ3) is 7.89. The Hall–Kier alpha value is -2.83. The number of thiol groups is 1. The van der Waals surface area contributed by atoms with Crippen LogP contribution in [0, 0.1) is 0 Å². The van der Waals surface area contributed by atoms with Crippen LogP contribution in [-0.4, -0.2) is 75.5 Å². The highest BCUT2D eigenvalue weighted by atomic mass is 32.1. The van der Waals surface area contributed by atoms with Crippen molar-refractivity contribution in [3.05, 3.63) is 29.8 Å². The van der Waals surface area contributed by atoms with Gasteiger partial charge >= 0.3 is 5.97 Å². The largest absolute Gasteiger partial charge is 0.508 e. The molecule has 166 valence electrons. The Labute approximate surface area is 178 Å². The quantitative estimate of drug-likeness (QED) is 0.176. The van der Waals surface area contributed by atoms with Gasteiger partial charge < -0.3 is 37.0 Å². The van der Waals surface area contributed by atoms with E-state index < -0.39 is 54.5 Å². The summed E-state index contributed by atoms with van der Waals surface area (Å²) in [6, 6.07) is 1.25. The summed E-state index contributed by atoms with van der Waals surface area (Å²) in [4.78, 5) is 47.8. The lowest BCUT2D eigenvalue weighted by molar-refractivity contribution is -0.143. The number of carboxylic acids is 1. The molecule has 0 saturated carbocycles. The summed E-state index contributed by atoms with van der Waals surface area (Å²) in [7, 11) is 0. The molecule has 8 N–H and O–H groups in total. The molecular weight excluding hydrogens is 416 g/mol. The maximum atomic E-state index is 12.7. The molecule has 0 fully saturated rings. The fraction of sp³-hybridized carbons (Fsp3) is 0.444. The Bertz CT molecular complexity index is 759. The molecule has 0 aromatic heterocycles. The van der Waals surface area contributed by atoms with E-state index in [-0.39, 0.29) is 17.9 Å². The molecule has 3 amide bonds. The highest BCUT2D eigenvalue weighted by molar-refractivity contribution is 7.80. The highest BCUT2D eigenvalue weighted by Crippen LogP contribution is 2.11. The summed E-state index contributed by atoms with van der Waals surface area (Å²) in [6.45, 7) is 0.505. The van der Waals surface area contributed by atoms with E-state index in [2.05, 4.69) is 28.6 Å². The van der Waals surface area contributed by atoms with Crippen LogP contribution in [0.4, 0.5) is 0 Å². The van der Waals surface area contributed by atoms with Crippen molar-refractivity contribution in [1.29, 1.82) is 0 Å². The van der Waals surface area contributed by atoms with Crippen LogP contribution in [-0.2, 0) is 25.6 Å². The lowest BCUT2D eigenvalue weighted by atomic mass is 10.0. The zero-order valence-electron chi connectivity index (χ0n) is 16.2. The summed E-state index contributed by atoms with van der Waals surface area (Å²) in [5, 5.41) is 34.2. The number of aromatic hydroxyl groups is 1. The zero-order valence-corrected chi connectivity index (χ0v) is 17.1. The molecule has 0 saturated heterocycles. The van der Waals surface area contributed by atoms with Crippen LogP contribution in [0.5, 0.6) is 5.75 Å². The van der Waals surface area contributed by atoms with Crippen LogP contribution in [0.2, 0.25) is 0 Å². The molecule has 30 heavy (non-hydrogen) atoms. The Morgan fingerprint density at radius 2 is 1.57 bits per heavy atom. The number of aliphatic hydroxyl groups excluding tert-OH is 1. The van der Waals surface area contributed by atoms with Gasteiger partial charge in [-0.15, -0.1) is 0 Å². The summed E-state index contributed by atoms with van der Waals surface area (Å²) >= 11 is 3.94. The van der Waals surface area contributed by atoms with Crippen LogP contribution in [0.15, 0.2) is 24.3 Å². The Kier molecular flexibility index (Phi) is 10.1. The van der Waals surface area contributed by atoms with E-state index in [1.54, 1.807) is 12.1 Å². The van der Waals surface area contributed by atoms with E-state index in [1.807, 2.05) is 0 Å². The fourth-order valence-corrected chi connectivity index (χ4v) is 2.47. The molecule has 0 aliphatic heterocycles. The van der Waals surface area contributed by atoms with Gasteiger partial charge in [-0.25, -0.2) is 4.79 Å². The van der Waals surface area contributed by atoms with Gasteiger partial charge in [-0.3, -0.25) is 14.4 Å². The SMILES string of the molecule is CC(NC(=O)C(Cc1ccc(O)cc1)NC(=O)C(N)CS)C(=O)NC(CO)C(=O)O. The van der Waals surface area contributed by atoms with Gasteiger partial charge in [-0.05, 0) is 24.6 Å². The van der Waals surface area contributed by atoms with Gasteiger partial charge in [0.2, 0.25) is 17.7 Å². The lowest BCUT2D eigenvalue weighted by Crippen LogP contribution is -2.57. The third-order valence-electron chi connectivity index (χ3n) is 4.09. The molecule has 1 aromatic carbocycles. The first-order valence-corrected chi connectivity index (χ1v) is 9.61. The molecule has 1 aromatic rings. The van der Waals surface area contributed by atoms with Crippen LogP contribution in [0.25, 0.3) is 0 Å². The van der Waals surface area contributed by atoms with Gasteiger partial charge in [0.25, 0.3) is 0 Å². The van der Waals surface area contributed by atoms with Crippen LogP contribution in [0.1, 0.15) is 12.5 Å². The fourth-order valence-electron chi connectivity index (χ4n) is 2.30. The highest BCUT2D eigenvalue weighted by Gasteiger charge is 2.28. The molecule has 11 nitrogen and oxygen atoms in total. The molecule has 4 atom stereocenters. The molecule has 12 heteroatoms. The smallest absolute Gasteiger partial charge is 0.328 e. The van der Waals surface area contributed by atoms with Crippen molar-refractivity contribution in [2.45, 2.75) is 37.5 Å². The predicted molar refractivity (Wildman–Crippen MR) is 110 cm³/mol. The van der Waals surface area contributed by atoms with Crippen molar-refractivity contribution in [3.8, 4) is 5.75 Å². The number of carbonyl (C=O) groups excluding carboxylic acids is 3. The van der Waals surface area contributed by atoms with E-state index in [9.17, 15) is 24.3 Å². The number of hydrogen-bond acceptors (Lipinski definition) is 8. The number of phenols is 1. The van der Waals surface area contributed by atoms with Crippen molar-refractivity contribution in [2.75, 3.05) is 12.4 Å². The van der Waals surface area contributed by atoms with Crippen LogP contribution >= 0.6 is 12.6 Å². The number of aliphatic carboxylic acids is 1. The number of hydrogen-bond donors (Lipinski definition) is 8. The van der Waals surface area contributed by atoms with Gasteiger partial charge in [-0.2, -0.15) is 12.6 Å². The number of nitrogens with one attached hydrogen (secondary N) is 3. The second kappa shape index (κ2) is 12.0. The molecule has 0 bridgehead atoms. The second-order valence-corrected chi connectivity index (χ2v) is 6.90. The topological polar surface area (TPSA) is 191 Å². The summed E-state index contributed by atoms with van der Waals surface area (Å²) in [5.74, 6) is -3.50. The van der Waals surface area contributed by atoms with E-state index >= 15 is 0 Å². The average molecular weight is 442 g/mol. The summed E-state index contributed by atoms with van der Waals surface area (Å²) in [6.07, 6.45) is 0.0415.